The Labute approximate surface area is 128 Å². The van der Waals surface area contributed by atoms with Crippen LogP contribution in [0.25, 0.3) is 0 Å². The Morgan fingerprint density at radius 1 is 1.18 bits per heavy atom. The van der Waals surface area contributed by atoms with E-state index < -0.39 is 5.82 Å². The maximum Gasteiger partial charge on any atom is 0.318 e. The first-order valence-corrected chi connectivity index (χ1v) is 6.63. The molecule has 0 saturated carbocycles. The second-order valence-electron chi connectivity index (χ2n) is 4.51. The van der Waals surface area contributed by atoms with Crippen LogP contribution in [0.3, 0.4) is 0 Å². The van der Waals surface area contributed by atoms with Crippen LogP contribution in [0.15, 0.2) is 18.3 Å². The van der Waals surface area contributed by atoms with Gasteiger partial charge in [-0.15, -0.1) is 0 Å². The van der Waals surface area contributed by atoms with Crippen molar-refractivity contribution < 1.29 is 18.6 Å². The number of aromatic nitrogens is 2. The van der Waals surface area contributed by atoms with Gasteiger partial charge in [-0.2, -0.15) is 4.98 Å². The van der Waals surface area contributed by atoms with Gasteiger partial charge in [0.1, 0.15) is 18.1 Å². The fraction of sp³-hybridized carbons (Fsp3) is 0.333. The molecule has 2 rings (SSSR count). The largest absolute Gasteiger partial charge is 0.496 e. The molecule has 7 heteroatoms. The van der Waals surface area contributed by atoms with E-state index in [1.54, 1.807) is 21.3 Å². The minimum atomic E-state index is -0.534. The number of nitrogens with one attached hydrogen (secondary N) is 1. The predicted molar refractivity (Wildman–Crippen MR) is 80.2 cm³/mol. The maximum absolute atomic E-state index is 13.3. The Morgan fingerprint density at radius 3 is 2.36 bits per heavy atom. The summed E-state index contributed by atoms with van der Waals surface area (Å²) in [7, 11) is 4.76. The monoisotopic (exact) mass is 307 g/mol. The highest BCUT2D eigenvalue weighted by atomic mass is 19.1. The number of anilines is 1. The maximum atomic E-state index is 13.3. The zero-order valence-electron chi connectivity index (χ0n) is 12.9. The number of benzene rings is 1. The van der Waals surface area contributed by atoms with Crippen LogP contribution in [-0.2, 0) is 6.61 Å². The molecular formula is C15H18FN3O3. The number of halogens is 1. The summed E-state index contributed by atoms with van der Waals surface area (Å²) in [5.74, 6) is 0.959. The van der Waals surface area contributed by atoms with Gasteiger partial charge in [-0.05, 0) is 24.6 Å². The lowest BCUT2D eigenvalue weighted by atomic mass is 10.1. The summed E-state index contributed by atoms with van der Waals surface area (Å²) in [5, 5.41) is 2.63. The van der Waals surface area contributed by atoms with E-state index in [1.807, 2.05) is 19.1 Å². The Balaban J connectivity index is 2.17. The van der Waals surface area contributed by atoms with Crippen molar-refractivity contribution >= 4 is 5.82 Å². The zero-order chi connectivity index (χ0) is 16.1. The molecule has 118 valence electrons. The van der Waals surface area contributed by atoms with Crippen LogP contribution in [0.2, 0.25) is 0 Å². The Morgan fingerprint density at radius 2 is 1.82 bits per heavy atom. The molecule has 0 spiro atoms. The number of ether oxygens (including phenoxy) is 3. The molecule has 0 unspecified atom stereocenters. The van der Waals surface area contributed by atoms with Gasteiger partial charge < -0.3 is 19.5 Å². The number of hydrogen-bond acceptors (Lipinski definition) is 6. The molecule has 1 N–H and O–H groups in total. The van der Waals surface area contributed by atoms with E-state index in [1.165, 1.54) is 0 Å². The average Bonchev–Trinajstić information content (AvgIpc) is 2.54. The summed E-state index contributed by atoms with van der Waals surface area (Å²) in [4.78, 5) is 7.72. The molecule has 0 atom stereocenters. The molecule has 1 aromatic carbocycles. The summed E-state index contributed by atoms with van der Waals surface area (Å²) >= 11 is 0. The lowest BCUT2D eigenvalue weighted by molar-refractivity contribution is 0.278. The molecule has 0 aliphatic carbocycles. The van der Waals surface area contributed by atoms with Crippen LogP contribution in [0.5, 0.6) is 17.5 Å². The SMILES string of the molecule is CNc1nc(OCc2cc(OC)c(C)c(OC)c2)ncc1F. The van der Waals surface area contributed by atoms with E-state index in [0.29, 0.717) is 11.5 Å². The van der Waals surface area contributed by atoms with Gasteiger partial charge in [-0.3, -0.25) is 0 Å². The molecule has 0 saturated heterocycles. The van der Waals surface area contributed by atoms with E-state index in [4.69, 9.17) is 14.2 Å². The van der Waals surface area contributed by atoms with Gasteiger partial charge in [0.2, 0.25) is 0 Å². The van der Waals surface area contributed by atoms with Crippen molar-refractivity contribution in [3.63, 3.8) is 0 Å². The smallest absolute Gasteiger partial charge is 0.318 e. The second kappa shape index (κ2) is 6.93. The van der Waals surface area contributed by atoms with Crippen molar-refractivity contribution in [1.29, 1.82) is 0 Å². The molecule has 6 nitrogen and oxygen atoms in total. The molecule has 0 amide bonds. The van der Waals surface area contributed by atoms with Gasteiger partial charge in [0.15, 0.2) is 11.6 Å². The van der Waals surface area contributed by atoms with Crippen molar-refractivity contribution in [2.24, 2.45) is 0 Å². The topological polar surface area (TPSA) is 65.5 Å². The van der Waals surface area contributed by atoms with Crippen molar-refractivity contribution in [3.8, 4) is 17.5 Å². The van der Waals surface area contributed by atoms with E-state index in [-0.39, 0.29) is 18.4 Å². The van der Waals surface area contributed by atoms with E-state index in [0.717, 1.165) is 17.3 Å². The summed E-state index contributed by atoms with van der Waals surface area (Å²) in [5.41, 5.74) is 1.74. The van der Waals surface area contributed by atoms with Crippen molar-refractivity contribution in [1.82, 2.24) is 9.97 Å². The molecule has 0 bridgehead atoms. The summed E-state index contributed by atoms with van der Waals surface area (Å²) in [6.07, 6.45) is 1.06. The molecule has 2 aromatic rings. The van der Waals surface area contributed by atoms with Gasteiger partial charge in [0.25, 0.3) is 0 Å². The normalized spacial score (nSPS) is 10.2. The zero-order valence-corrected chi connectivity index (χ0v) is 12.9. The third-order valence-corrected chi connectivity index (χ3v) is 3.14. The second-order valence-corrected chi connectivity index (χ2v) is 4.51. The van der Waals surface area contributed by atoms with E-state index in [9.17, 15) is 4.39 Å². The highest BCUT2D eigenvalue weighted by Crippen LogP contribution is 2.29. The van der Waals surface area contributed by atoms with Crippen LogP contribution in [0.4, 0.5) is 10.2 Å². The summed E-state index contributed by atoms with van der Waals surface area (Å²) in [6.45, 7) is 2.12. The Kier molecular flexibility index (Phi) is 4.98. The molecule has 0 aliphatic heterocycles. The van der Waals surface area contributed by atoms with E-state index >= 15 is 0 Å². The summed E-state index contributed by atoms with van der Waals surface area (Å²) < 4.78 is 29.4. The number of nitrogens with zero attached hydrogens (tertiary/aromatic N) is 2. The third-order valence-electron chi connectivity index (χ3n) is 3.14. The number of methoxy groups -OCH3 is 2. The number of rotatable bonds is 6. The third kappa shape index (κ3) is 3.36. The molecular weight excluding hydrogens is 289 g/mol. The van der Waals surface area contributed by atoms with Gasteiger partial charge in [-0.1, -0.05) is 0 Å². The quantitative estimate of drug-likeness (QED) is 0.885. The van der Waals surface area contributed by atoms with Crippen LogP contribution >= 0.6 is 0 Å². The van der Waals surface area contributed by atoms with Gasteiger partial charge in [-0.25, -0.2) is 9.37 Å². The lowest BCUT2D eigenvalue weighted by Gasteiger charge is -2.13. The number of hydrogen-bond donors (Lipinski definition) is 1. The molecule has 1 aromatic heterocycles. The molecule has 0 fully saturated rings. The first-order valence-electron chi connectivity index (χ1n) is 6.63. The van der Waals surface area contributed by atoms with Crippen molar-refractivity contribution in [2.45, 2.75) is 13.5 Å². The van der Waals surface area contributed by atoms with Crippen LogP contribution in [0.1, 0.15) is 11.1 Å². The van der Waals surface area contributed by atoms with E-state index in [2.05, 4.69) is 15.3 Å². The van der Waals surface area contributed by atoms with Gasteiger partial charge >= 0.3 is 6.01 Å². The van der Waals surface area contributed by atoms with Crippen molar-refractivity contribution in [2.75, 3.05) is 26.6 Å². The first kappa shape index (κ1) is 15.8. The van der Waals surface area contributed by atoms with Crippen LogP contribution < -0.4 is 19.5 Å². The fourth-order valence-electron chi connectivity index (χ4n) is 1.97. The Hall–Kier alpha value is -2.57. The summed E-state index contributed by atoms with van der Waals surface area (Å²) in [6, 6.07) is 3.78. The van der Waals surface area contributed by atoms with Crippen molar-refractivity contribution in [3.05, 3.63) is 35.3 Å². The van der Waals surface area contributed by atoms with Crippen LogP contribution in [0, 0.1) is 12.7 Å². The predicted octanol–water partition coefficient (Wildman–Crippen LogP) is 2.56. The Bertz CT molecular complexity index is 639. The molecule has 0 radical (unpaired) electrons. The minimum absolute atomic E-state index is 0.0871. The highest BCUT2D eigenvalue weighted by Gasteiger charge is 2.10. The minimum Gasteiger partial charge on any atom is -0.496 e. The van der Waals surface area contributed by atoms with Gasteiger partial charge in [0, 0.05) is 12.6 Å². The molecule has 1 heterocycles. The molecule has 0 aliphatic rings. The highest BCUT2D eigenvalue weighted by molar-refractivity contribution is 5.47. The molecule has 22 heavy (non-hydrogen) atoms. The van der Waals surface area contributed by atoms with Gasteiger partial charge in [0.05, 0.1) is 20.4 Å². The standard InChI is InChI=1S/C15H18FN3O3/c1-9-12(20-3)5-10(6-13(9)21-4)8-22-15-18-7-11(16)14(17-2)19-15/h5-7H,8H2,1-4H3,(H,17,18,19). The van der Waals surface area contributed by atoms with Crippen LogP contribution in [-0.4, -0.2) is 31.2 Å². The fourth-order valence-corrected chi connectivity index (χ4v) is 1.97. The first-order chi connectivity index (χ1) is 10.6. The lowest BCUT2D eigenvalue weighted by Crippen LogP contribution is -2.04. The average molecular weight is 307 g/mol.